The van der Waals surface area contributed by atoms with Gasteiger partial charge in [-0.05, 0) is 49.2 Å². The standard InChI is InChI=1S/C22H20F3N3O/c1-12-7-19(24)21(20(25)8-12)18-11-28-13(2)26-27-22(28)17(18)10-16(29)9-14-3-5-15(23)6-4-14/h3-8,17-18H,9-11H2,1-2H3/t17?,18-/m1/s1. The first-order valence-corrected chi connectivity index (χ1v) is 9.45. The summed E-state index contributed by atoms with van der Waals surface area (Å²) in [5.74, 6) is -1.50. The normalized spacial score (nSPS) is 18.1. The summed E-state index contributed by atoms with van der Waals surface area (Å²) in [5.41, 5.74) is 1.18. The lowest BCUT2D eigenvalue weighted by molar-refractivity contribution is -0.118. The molecule has 2 aromatic carbocycles. The highest BCUT2D eigenvalue weighted by Crippen LogP contribution is 2.44. The van der Waals surface area contributed by atoms with Crippen molar-refractivity contribution in [3.8, 4) is 0 Å². The largest absolute Gasteiger partial charge is 0.314 e. The van der Waals surface area contributed by atoms with Gasteiger partial charge in [0, 0.05) is 36.8 Å². The number of fused-ring (bicyclic) bond motifs is 1. The van der Waals surface area contributed by atoms with E-state index in [9.17, 15) is 18.0 Å². The van der Waals surface area contributed by atoms with E-state index in [1.807, 2.05) is 4.57 Å². The van der Waals surface area contributed by atoms with Gasteiger partial charge in [-0.25, -0.2) is 13.2 Å². The molecule has 0 fully saturated rings. The predicted molar refractivity (Wildman–Crippen MR) is 101 cm³/mol. The van der Waals surface area contributed by atoms with E-state index in [2.05, 4.69) is 10.2 Å². The van der Waals surface area contributed by atoms with Gasteiger partial charge in [0.05, 0.1) is 0 Å². The van der Waals surface area contributed by atoms with E-state index in [0.29, 0.717) is 29.3 Å². The van der Waals surface area contributed by atoms with Gasteiger partial charge in [0.2, 0.25) is 0 Å². The van der Waals surface area contributed by atoms with Gasteiger partial charge < -0.3 is 4.57 Å². The van der Waals surface area contributed by atoms with E-state index in [1.165, 1.54) is 24.3 Å². The average Bonchev–Trinajstić information content (AvgIpc) is 3.17. The fourth-order valence-electron chi connectivity index (χ4n) is 4.14. The minimum absolute atomic E-state index is 0.0138. The van der Waals surface area contributed by atoms with Crippen LogP contribution in [0.1, 0.15) is 46.6 Å². The maximum atomic E-state index is 14.7. The maximum absolute atomic E-state index is 14.7. The summed E-state index contributed by atoms with van der Waals surface area (Å²) in [5, 5.41) is 8.22. The smallest absolute Gasteiger partial charge is 0.138 e. The molecule has 29 heavy (non-hydrogen) atoms. The molecule has 7 heteroatoms. The lowest BCUT2D eigenvalue weighted by Gasteiger charge is -2.20. The second-order valence-corrected chi connectivity index (χ2v) is 7.62. The zero-order chi connectivity index (χ0) is 20.7. The van der Waals surface area contributed by atoms with Crippen molar-refractivity contribution < 1.29 is 18.0 Å². The van der Waals surface area contributed by atoms with E-state index in [1.54, 1.807) is 26.0 Å². The highest BCUT2D eigenvalue weighted by atomic mass is 19.1. The van der Waals surface area contributed by atoms with Crippen LogP contribution in [0.15, 0.2) is 36.4 Å². The van der Waals surface area contributed by atoms with Crippen LogP contribution >= 0.6 is 0 Å². The third-order valence-corrected chi connectivity index (χ3v) is 5.52. The number of carbonyl (C=O) groups is 1. The number of carbonyl (C=O) groups excluding carboxylic acids is 1. The molecule has 1 aromatic heterocycles. The van der Waals surface area contributed by atoms with Gasteiger partial charge in [0.15, 0.2) is 0 Å². The van der Waals surface area contributed by atoms with Crippen molar-refractivity contribution >= 4 is 5.78 Å². The van der Waals surface area contributed by atoms with Crippen molar-refractivity contribution in [3.05, 3.63) is 82.2 Å². The summed E-state index contributed by atoms with van der Waals surface area (Å²) in [4.78, 5) is 12.7. The van der Waals surface area contributed by atoms with Gasteiger partial charge in [0.1, 0.15) is 34.9 Å². The SMILES string of the molecule is Cc1cc(F)c([C@@H]2Cn3c(C)nnc3C2CC(=O)Cc2ccc(F)cc2)c(F)c1. The van der Waals surface area contributed by atoms with Crippen LogP contribution in [0.4, 0.5) is 13.2 Å². The molecule has 2 heterocycles. The van der Waals surface area contributed by atoms with Crippen molar-refractivity contribution in [1.29, 1.82) is 0 Å². The maximum Gasteiger partial charge on any atom is 0.138 e. The molecule has 4 rings (SSSR count). The van der Waals surface area contributed by atoms with Crippen molar-refractivity contribution in [3.63, 3.8) is 0 Å². The summed E-state index contributed by atoms with van der Waals surface area (Å²) in [6.45, 7) is 3.73. The molecule has 1 aliphatic heterocycles. The van der Waals surface area contributed by atoms with Gasteiger partial charge >= 0.3 is 0 Å². The number of rotatable bonds is 5. The molecule has 0 spiro atoms. The number of aromatic nitrogens is 3. The number of halogens is 3. The zero-order valence-electron chi connectivity index (χ0n) is 16.1. The molecule has 2 atom stereocenters. The van der Waals surface area contributed by atoms with E-state index in [-0.39, 0.29) is 30.0 Å². The van der Waals surface area contributed by atoms with Crippen LogP contribution in [-0.4, -0.2) is 20.5 Å². The van der Waals surface area contributed by atoms with Gasteiger partial charge in [-0.2, -0.15) is 0 Å². The molecule has 0 radical (unpaired) electrons. The Kier molecular flexibility index (Phi) is 4.98. The Bertz CT molecular complexity index is 1050. The van der Waals surface area contributed by atoms with E-state index in [4.69, 9.17) is 0 Å². The average molecular weight is 399 g/mol. The Balaban J connectivity index is 1.64. The van der Waals surface area contributed by atoms with Crippen LogP contribution in [0, 0.1) is 31.3 Å². The van der Waals surface area contributed by atoms with E-state index < -0.39 is 23.5 Å². The molecular weight excluding hydrogens is 379 g/mol. The summed E-state index contributed by atoms with van der Waals surface area (Å²) >= 11 is 0. The Hall–Kier alpha value is -2.96. The minimum Gasteiger partial charge on any atom is -0.314 e. The summed E-state index contributed by atoms with van der Waals surface area (Å²) in [6.07, 6.45) is 0.197. The number of Topliss-reactive ketones (excluding diaryl/α,β-unsaturated/α-hetero) is 1. The second-order valence-electron chi connectivity index (χ2n) is 7.62. The molecular formula is C22H20F3N3O. The Morgan fingerprint density at radius 3 is 2.38 bits per heavy atom. The van der Waals surface area contributed by atoms with Crippen LogP contribution in [0.25, 0.3) is 0 Å². The Morgan fingerprint density at radius 1 is 1.07 bits per heavy atom. The van der Waals surface area contributed by atoms with Crippen LogP contribution in [0.2, 0.25) is 0 Å². The van der Waals surface area contributed by atoms with E-state index >= 15 is 0 Å². The number of hydrogen-bond acceptors (Lipinski definition) is 3. The van der Waals surface area contributed by atoms with Crippen molar-refractivity contribution in [1.82, 2.24) is 14.8 Å². The third kappa shape index (κ3) is 3.69. The Labute approximate surface area is 166 Å². The van der Waals surface area contributed by atoms with Crippen molar-refractivity contribution in [2.75, 3.05) is 0 Å². The van der Waals surface area contributed by atoms with Crippen LogP contribution in [0.5, 0.6) is 0 Å². The molecule has 1 aliphatic rings. The quantitative estimate of drug-likeness (QED) is 0.639. The second kappa shape index (κ2) is 7.46. The van der Waals surface area contributed by atoms with E-state index in [0.717, 1.165) is 0 Å². The number of aryl methyl sites for hydroxylation is 2. The van der Waals surface area contributed by atoms with Gasteiger partial charge in [0.25, 0.3) is 0 Å². The fraction of sp³-hybridized carbons (Fsp3) is 0.318. The lowest BCUT2D eigenvalue weighted by atomic mass is 9.83. The topological polar surface area (TPSA) is 47.8 Å². The molecule has 3 aromatic rings. The molecule has 0 N–H and O–H groups in total. The Morgan fingerprint density at radius 2 is 1.72 bits per heavy atom. The minimum atomic E-state index is -0.611. The molecule has 0 bridgehead atoms. The van der Waals surface area contributed by atoms with Gasteiger partial charge in [-0.3, -0.25) is 4.79 Å². The summed E-state index contributed by atoms with van der Waals surface area (Å²) in [7, 11) is 0. The molecule has 0 saturated carbocycles. The van der Waals surface area contributed by atoms with Crippen LogP contribution in [-0.2, 0) is 17.8 Å². The molecule has 150 valence electrons. The highest BCUT2D eigenvalue weighted by Gasteiger charge is 2.40. The molecule has 1 unspecified atom stereocenters. The first-order valence-electron chi connectivity index (χ1n) is 9.45. The monoisotopic (exact) mass is 399 g/mol. The van der Waals surface area contributed by atoms with Crippen LogP contribution < -0.4 is 0 Å². The summed E-state index contributed by atoms with van der Waals surface area (Å²) in [6, 6.07) is 8.34. The molecule has 0 aliphatic carbocycles. The van der Waals surface area contributed by atoms with Gasteiger partial charge in [-0.15, -0.1) is 10.2 Å². The van der Waals surface area contributed by atoms with Crippen LogP contribution in [0.3, 0.4) is 0 Å². The van der Waals surface area contributed by atoms with Crippen molar-refractivity contribution in [2.45, 2.75) is 45.1 Å². The molecule has 4 nitrogen and oxygen atoms in total. The number of ketones is 1. The van der Waals surface area contributed by atoms with Gasteiger partial charge in [-0.1, -0.05) is 12.1 Å². The highest BCUT2D eigenvalue weighted by molar-refractivity contribution is 5.81. The lowest BCUT2D eigenvalue weighted by Crippen LogP contribution is -2.16. The predicted octanol–water partition coefficient (Wildman–Crippen LogP) is 4.40. The number of hydrogen-bond donors (Lipinski definition) is 0. The fourth-order valence-corrected chi connectivity index (χ4v) is 4.14. The first-order chi connectivity index (χ1) is 13.8. The summed E-state index contributed by atoms with van der Waals surface area (Å²) < 4.78 is 44.3. The molecule has 0 amide bonds. The number of benzene rings is 2. The molecule has 0 saturated heterocycles. The number of nitrogens with zero attached hydrogens (tertiary/aromatic N) is 3. The van der Waals surface area contributed by atoms with Crippen molar-refractivity contribution in [2.24, 2.45) is 0 Å². The third-order valence-electron chi connectivity index (χ3n) is 5.52. The first kappa shape index (κ1) is 19.4. The zero-order valence-corrected chi connectivity index (χ0v) is 16.1.